The van der Waals surface area contributed by atoms with Crippen LogP contribution in [0.25, 0.3) is 33.2 Å². The van der Waals surface area contributed by atoms with Crippen LogP contribution >= 0.6 is 10.0 Å². The Labute approximate surface area is 137 Å². The van der Waals surface area contributed by atoms with Crippen LogP contribution in [0.1, 0.15) is 0 Å². The molecule has 2 aromatic carbocycles. The number of aromatic nitrogens is 1. The van der Waals surface area contributed by atoms with E-state index < -0.39 is 10.0 Å². The molecule has 4 aromatic rings. The second-order valence-corrected chi connectivity index (χ2v) is 10.7. The van der Waals surface area contributed by atoms with Crippen LogP contribution in [0.5, 0.6) is 0 Å². The van der Waals surface area contributed by atoms with E-state index in [-0.39, 0.29) is 0 Å². The van der Waals surface area contributed by atoms with Crippen LogP contribution in [0, 0.1) is 0 Å². The van der Waals surface area contributed by atoms with Crippen molar-refractivity contribution in [1.29, 1.82) is 0 Å². The minimum atomic E-state index is -0.734. The highest BCUT2D eigenvalue weighted by molar-refractivity contribution is 8.32. The van der Waals surface area contributed by atoms with Gasteiger partial charge in [0.15, 0.2) is 0 Å². The first-order valence-corrected chi connectivity index (χ1v) is 10.4. The summed E-state index contributed by atoms with van der Waals surface area (Å²) in [5.41, 5.74) is 3.98. The fourth-order valence-corrected chi connectivity index (χ4v) is 3.64. The number of hydrogen-bond donors (Lipinski definition) is 0. The van der Waals surface area contributed by atoms with Crippen LogP contribution in [-0.2, 0) is 0 Å². The zero-order valence-electron chi connectivity index (χ0n) is 13.5. The number of fused-ring (bicyclic) bond motifs is 3. The molecule has 2 nitrogen and oxygen atoms in total. The highest BCUT2D eigenvalue weighted by atomic mass is 32.3. The van der Waals surface area contributed by atoms with Crippen molar-refractivity contribution in [3.63, 3.8) is 0 Å². The summed E-state index contributed by atoms with van der Waals surface area (Å²) < 4.78 is 5.89. The van der Waals surface area contributed by atoms with Crippen LogP contribution in [0.2, 0.25) is 0 Å². The van der Waals surface area contributed by atoms with Crippen molar-refractivity contribution >= 4 is 32.0 Å². The number of para-hydroxylation sites is 1. The summed E-state index contributed by atoms with van der Waals surface area (Å²) >= 11 is 0. The molecule has 4 rings (SSSR count). The van der Waals surface area contributed by atoms with E-state index in [9.17, 15) is 0 Å². The highest BCUT2D eigenvalue weighted by Gasteiger charge is 2.11. The van der Waals surface area contributed by atoms with Gasteiger partial charge in [0.1, 0.15) is 11.2 Å². The normalized spacial score (nSPS) is 12.8. The van der Waals surface area contributed by atoms with Gasteiger partial charge in [-0.1, -0.05) is 18.2 Å². The number of hydrogen-bond acceptors (Lipinski definition) is 2. The molecule has 0 fully saturated rings. The summed E-state index contributed by atoms with van der Waals surface area (Å²) in [6, 6.07) is 18.8. The molecule has 23 heavy (non-hydrogen) atoms. The average Bonchev–Trinajstić information content (AvgIpc) is 2.92. The topological polar surface area (TPSA) is 26.0 Å². The Hall–Kier alpha value is -2.26. The molecule has 0 bridgehead atoms. The third kappa shape index (κ3) is 2.51. The minimum absolute atomic E-state index is 0.734. The lowest BCUT2D eigenvalue weighted by atomic mass is 10.1. The van der Waals surface area contributed by atoms with Gasteiger partial charge in [0.05, 0.1) is 5.69 Å². The van der Waals surface area contributed by atoms with Gasteiger partial charge in [-0.25, -0.2) is 10.0 Å². The molecule has 116 valence electrons. The molecule has 0 atom stereocenters. The minimum Gasteiger partial charge on any atom is -0.456 e. The summed E-state index contributed by atoms with van der Waals surface area (Å²) in [6.07, 6.45) is 8.87. The van der Waals surface area contributed by atoms with E-state index in [2.05, 4.69) is 54.1 Å². The summed E-state index contributed by atoms with van der Waals surface area (Å²) in [4.78, 5) is 6.01. The van der Waals surface area contributed by atoms with Crippen molar-refractivity contribution in [1.82, 2.24) is 4.98 Å². The van der Waals surface area contributed by atoms with E-state index in [1.165, 1.54) is 4.90 Å². The predicted octanol–water partition coefficient (Wildman–Crippen LogP) is 5.70. The van der Waals surface area contributed by atoms with E-state index in [0.717, 1.165) is 33.2 Å². The third-order valence-electron chi connectivity index (χ3n) is 4.12. The Balaban J connectivity index is 1.84. The van der Waals surface area contributed by atoms with Crippen molar-refractivity contribution in [3.05, 3.63) is 60.8 Å². The van der Waals surface area contributed by atoms with Crippen LogP contribution in [-0.4, -0.2) is 23.8 Å². The predicted molar refractivity (Wildman–Crippen MR) is 101 cm³/mol. The standard InChI is InChI=1S/C20H19NOS/c1-23(2,3)15-9-10-18(21-13-15)14-8-11-20-17(12-14)16-6-4-5-7-19(16)22-20/h4-13H,1-3H3. The molecule has 0 saturated heterocycles. The molecule has 0 unspecified atom stereocenters. The van der Waals surface area contributed by atoms with Gasteiger partial charge in [-0.05, 0) is 55.2 Å². The Morgan fingerprint density at radius 3 is 2.35 bits per heavy atom. The van der Waals surface area contributed by atoms with Crippen molar-refractivity contribution in [2.75, 3.05) is 18.8 Å². The molecule has 0 aliphatic heterocycles. The van der Waals surface area contributed by atoms with E-state index in [1.54, 1.807) is 0 Å². The van der Waals surface area contributed by atoms with Crippen molar-refractivity contribution in [2.45, 2.75) is 4.90 Å². The van der Waals surface area contributed by atoms with Crippen molar-refractivity contribution in [3.8, 4) is 11.3 Å². The van der Waals surface area contributed by atoms with E-state index in [0.29, 0.717) is 0 Å². The lowest BCUT2D eigenvalue weighted by Crippen LogP contribution is -1.94. The maximum atomic E-state index is 5.89. The van der Waals surface area contributed by atoms with Gasteiger partial charge in [0, 0.05) is 27.4 Å². The number of pyridine rings is 1. The molecular weight excluding hydrogens is 302 g/mol. The molecule has 0 aliphatic carbocycles. The molecule has 0 aliphatic rings. The molecule has 0 amide bonds. The molecule has 2 aromatic heterocycles. The summed E-state index contributed by atoms with van der Waals surface area (Å²) in [6.45, 7) is 0. The fraction of sp³-hybridized carbons (Fsp3) is 0.150. The van der Waals surface area contributed by atoms with Crippen LogP contribution in [0.15, 0.2) is 70.1 Å². The van der Waals surface area contributed by atoms with E-state index in [4.69, 9.17) is 4.42 Å². The second-order valence-electron chi connectivity index (χ2n) is 6.53. The molecule has 0 radical (unpaired) electrons. The number of nitrogens with zero attached hydrogens (tertiary/aromatic N) is 1. The van der Waals surface area contributed by atoms with Gasteiger partial charge in [0.2, 0.25) is 0 Å². The van der Waals surface area contributed by atoms with E-state index in [1.807, 2.05) is 30.5 Å². The lowest BCUT2D eigenvalue weighted by Gasteiger charge is -2.25. The Morgan fingerprint density at radius 2 is 1.61 bits per heavy atom. The zero-order valence-corrected chi connectivity index (χ0v) is 14.4. The Bertz CT molecular complexity index is 994. The van der Waals surface area contributed by atoms with Gasteiger partial charge in [-0.15, -0.1) is 0 Å². The first kappa shape index (κ1) is 14.3. The maximum absolute atomic E-state index is 5.89. The second kappa shape index (κ2) is 5.14. The van der Waals surface area contributed by atoms with Crippen molar-refractivity contribution < 1.29 is 4.42 Å². The molecular formula is C20H19NOS. The largest absolute Gasteiger partial charge is 0.456 e. The quantitative estimate of drug-likeness (QED) is 0.473. The molecule has 0 saturated carbocycles. The first-order valence-electron chi connectivity index (χ1n) is 7.58. The van der Waals surface area contributed by atoms with Gasteiger partial charge in [0.25, 0.3) is 0 Å². The lowest BCUT2D eigenvalue weighted by molar-refractivity contribution is 0.669. The number of furan rings is 1. The summed E-state index contributed by atoms with van der Waals surface area (Å²) in [5.74, 6) is 0. The Morgan fingerprint density at radius 1 is 0.826 bits per heavy atom. The molecule has 3 heteroatoms. The average molecular weight is 321 g/mol. The monoisotopic (exact) mass is 321 g/mol. The van der Waals surface area contributed by atoms with Gasteiger partial charge in [-0.3, -0.25) is 4.98 Å². The molecule has 0 N–H and O–H groups in total. The van der Waals surface area contributed by atoms with Gasteiger partial charge < -0.3 is 4.42 Å². The number of rotatable bonds is 2. The van der Waals surface area contributed by atoms with Crippen LogP contribution in [0.4, 0.5) is 0 Å². The van der Waals surface area contributed by atoms with E-state index >= 15 is 0 Å². The van der Waals surface area contributed by atoms with Crippen LogP contribution in [0.3, 0.4) is 0 Å². The Kier molecular flexibility index (Phi) is 3.20. The number of benzene rings is 2. The molecule has 2 heterocycles. The SMILES string of the molecule is CS(C)(C)c1ccc(-c2ccc3oc4ccccc4c3c2)nc1. The summed E-state index contributed by atoms with van der Waals surface area (Å²) in [5, 5.41) is 2.30. The smallest absolute Gasteiger partial charge is 0.135 e. The zero-order chi connectivity index (χ0) is 16.0. The molecule has 0 spiro atoms. The van der Waals surface area contributed by atoms with Crippen LogP contribution < -0.4 is 0 Å². The maximum Gasteiger partial charge on any atom is 0.135 e. The first-order chi connectivity index (χ1) is 11.0. The third-order valence-corrected chi connectivity index (χ3v) is 5.77. The van der Waals surface area contributed by atoms with Crippen molar-refractivity contribution in [2.24, 2.45) is 0 Å². The van der Waals surface area contributed by atoms with Gasteiger partial charge >= 0.3 is 0 Å². The fourth-order valence-electron chi connectivity index (χ4n) is 2.80. The summed E-state index contributed by atoms with van der Waals surface area (Å²) in [7, 11) is -0.734. The highest BCUT2D eigenvalue weighted by Crippen LogP contribution is 2.44. The van der Waals surface area contributed by atoms with Gasteiger partial charge in [-0.2, -0.15) is 0 Å².